The monoisotopic (exact) mass is 324 g/mol. The molecule has 1 amide bonds. The van der Waals surface area contributed by atoms with Gasteiger partial charge in [-0.1, -0.05) is 30.3 Å². The summed E-state index contributed by atoms with van der Waals surface area (Å²) in [7, 11) is 0. The Balaban J connectivity index is 1.60. The largest absolute Gasteiger partial charge is 0.366 e. The van der Waals surface area contributed by atoms with Gasteiger partial charge >= 0.3 is 0 Å². The number of aromatic amines is 1. The van der Waals surface area contributed by atoms with Crippen LogP contribution in [-0.2, 0) is 5.75 Å². The first-order chi connectivity index (χ1) is 11.1. The Morgan fingerprint density at radius 2 is 1.78 bits per heavy atom. The van der Waals surface area contributed by atoms with Crippen molar-refractivity contribution in [3.63, 3.8) is 0 Å². The fraction of sp³-hybridized carbons (Fsp3) is 0.111. The normalized spacial score (nSPS) is 10.8. The zero-order valence-corrected chi connectivity index (χ0v) is 13.2. The van der Waals surface area contributed by atoms with Crippen LogP contribution in [0.25, 0.3) is 10.9 Å². The van der Waals surface area contributed by atoms with Crippen molar-refractivity contribution in [3.8, 4) is 0 Å². The Labute approximate surface area is 138 Å². The van der Waals surface area contributed by atoms with E-state index in [-0.39, 0.29) is 5.78 Å². The smallest absolute Gasteiger partial charge is 0.248 e. The maximum atomic E-state index is 12.4. The van der Waals surface area contributed by atoms with Crippen molar-refractivity contribution < 1.29 is 9.59 Å². The van der Waals surface area contributed by atoms with Gasteiger partial charge in [0.05, 0.1) is 5.75 Å². The highest BCUT2D eigenvalue weighted by Gasteiger charge is 2.11. The average molecular weight is 324 g/mol. The molecule has 1 aromatic heterocycles. The van der Waals surface area contributed by atoms with Crippen LogP contribution in [0, 0.1) is 0 Å². The predicted octanol–water partition coefficient (Wildman–Crippen LogP) is 3.38. The maximum Gasteiger partial charge on any atom is 0.248 e. The Morgan fingerprint density at radius 3 is 2.52 bits per heavy atom. The summed E-state index contributed by atoms with van der Waals surface area (Å²) < 4.78 is 0. The molecule has 5 heteroatoms. The number of Topliss-reactive ketones (excluding diaryl/α,β-unsaturated/α-hetero) is 1. The number of hydrogen-bond donors (Lipinski definition) is 2. The minimum absolute atomic E-state index is 0.112. The average Bonchev–Trinajstić information content (AvgIpc) is 2.99. The molecule has 0 aliphatic carbocycles. The number of aromatic nitrogens is 1. The predicted molar refractivity (Wildman–Crippen MR) is 93.8 cm³/mol. The lowest BCUT2D eigenvalue weighted by atomic mass is 10.1. The summed E-state index contributed by atoms with van der Waals surface area (Å²) in [4.78, 5) is 26.5. The number of ketones is 1. The summed E-state index contributed by atoms with van der Waals surface area (Å²) >= 11 is 1.56. The van der Waals surface area contributed by atoms with E-state index in [2.05, 4.69) is 4.98 Å². The third-order valence-corrected chi connectivity index (χ3v) is 4.63. The SMILES string of the molecule is NC(=O)c1ccc(CSCC(=O)c2c[nH]c3ccccc23)cc1. The van der Waals surface area contributed by atoms with Gasteiger partial charge in [0.15, 0.2) is 5.78 Å². The molecule has 4 nitrogen and oxygen atoms in total. The van der Waals surface area contributed by atoms with Crippen LogP contribution in [0.5, 0.6) is 0 Å². The van der Waals surface area contributed by atoms with E-state index < -0.39 is 5.91 Å². The van der Waals surface area contributed by atoms with Crippen LogP contribution in [0.1, 0.15) is 26.3 Å². The van der Waals surface area contributed by atoms with Crippen LogP contribution in [0.3, 0.4) is 0 Å². The Bertz CT molecular complexity index is 853. The number of rotatable bonds is 6. The second-order valence-corrected chi connectivity index (χ2v) is 6.21. The molecule has 0 unspecified atom stereocenters. The molecule has 0 aliphatic heterocycles. The van der Waals surface area contributed by atoms with E-state index in [1.165, 1.54) is 0 Å². The van der Waals surface area contributed by atoms with Gasteiger partial charge in [0.25, 0.3) is 0 Å². The number of thioether (sulfide) groups is 1. The summed E-state index contributed by atoms with van der Waals surface area (Å²) in [6.45, 7) is 0. The van der Waals surface area contributed by atoms with Crippen molar-refractivity contribution in [2.24, 2.45) is 5.73 Å². The van der Waals surface area contributed by atoms with Crippen molar-refractivity contribution in [2.45, 2.75) is 5.75 Å². The molecule has 0 saturated carbocycles. The molecule has 116 valence electrons. The number of H-pyrrole nitrogens is 1. The molecule has 0 aliphatic rings. The first kappa shape index (κ1) is 15.4. The minimum atomic E-state index is -0.432. The zero-order valence-electron chi connectivity index (χ0n) is 12.4. The van der Waals surface area contributed by atoms with E-state index in [1.807, 2.05) is 36.4 Å². The molecule has 3 N–H and O–H groups in total. The number of hydrogen-bond acceptors (Lipinski definition) is 3. The standard InChI is InChI=1S/C18H16N2O2S/c19-18(22)13-7-5-12(6-8-13)10-23-11-17(21)15-9-20-16-4-2-1-3-14(15)16/h1-9,20H,10-11H2,(H2,19,22). The second-order valence-electron chi connectivity index (χ2n) is 5.23. The van der Waals surface area contributed by atoms with Crippen molar-refractivity contribution in [1.82, 2.24) is 4.98 Å². The summed E-state index contributed by atoms with van der Waals surface area (Å²) in [5.41, 5.74) is 8.48. The van der Waals surface area contributed by atoms with Gasteiger partial charge in [0.2, 0.25) is 5.91 Å². The molecular formula is C18H16N2O2S. The van der Waals surface area contributed by atoms with Crippen LogP contribution >= 0.6 is 11.8 Å². The van der Waals surface area contributed by atoms with Crippen LogP contribution in [0.4, 0.5) is 0 Å². The molecule has 0 spiro atoms. The summed E-state index contributed by atoms with van der Waals surface area (Å²) in [6, 6.07) is 14.9. The molecule has 0 bridgehead atoms. The molecule has 3 aromatic rings. The molecule has 0 saturated heterocycles. The molecule has 1 heterocycles. The van der Waals surface area contributed by atoms with Crippen LogP contribution in [-0.4, -0.2) is 22.4 Å². The highest BCUT2D eigenvalue weighted by molar-refractivity contribution is 7.99. The number of amides is 1. The number of nitrogens with two attached hydrogens (primary N) is 1. The molecule has 2 aromatic carbocycles. The van der Waals surface area contributed by atoms with Crippen LogP contribution in [0.15, 0.2) is 54.7 Å². The number of carbonyl (C=O) groups is 2. The number of para-hydroxylation sites is 1. The first-order valence-electron chi connectivity index (χ1n) is 7.21. The molecule has 0 atom stereocenters. The molecular weight excluding hydrogens is 308 g/mol. The lowest BCUT2D eigenvalue weighted by Crippen LogP contribution is -2.10. The molecule has 23 heavy (non-hydrogen) atoms. The topological polar surface area (TPSA) is 76.0 Å². The highest BCUT2D eigenvalue weighted by Crippen LogP contribution is 2.21. The fourth-order valence-corrected chi connectivity index (χ4v) is 3.28. The van der Waals surface area contributed by atoms with Crippen molar-refractivity contribution in [3.05, 3.63) is 71.4 Å². The summed E-state index contributed by atoms with van der Waals surface area (Å²) in [6.07, 6.45) is 1.77. The Morgan fingerprint density at radius 1 is 1.04 bits per heavy atom. The number of primary amides is 1. The van der Waals surface area contributed by atoms with E-state index in [0.29, 0.717) is 17.1 Å². The number of nitrogens with one attached hydrogen (secondary N) is 1. The zero-order chi connectivity index (χ0) is 16.2. The molecule has 0 fully saturated rings. The van der Waals surface area contributed by atoms with Crippen LogP contribution in [0.2, 0.25) is 0 Å². The van der Waals surface area contributed by atoms with E-state index in [0.717, 1.165) is 22.0 Å². The van der Waals surface area contributed by atoms with Gasteiger partial charge in [-0.15, -0.1) is 11.8 Å². The third-order valence-electron chi connectivity index (χ3n) is 3.63. The van der Waals surface area contributed by atoms with Crippen molar-refractivity contribution >= 4 is 34.4 Å². The summed E-state index contributed by atoms with van der Waals surface area (Å²) in [5, 5.41) is 0.962. The lowest BCUT2D eigenvalue weighted by Gasteiger charge is -2.03. The Kier molecular flexibility index (Phi) is 4.48. The molecule has 0 radical (unpaired) electrons. The van der Waals surface area contributed by atoms with Crippen molar-refractivity contribution in [1.29, 1.82) is 0 Å². The van der Waals surface area contributed by atoms with Gasteiger partial charge in [-0.05, 0) is 23.8 Å². The Hall–Kier alpha value is -2.53. The second kappa shape index (κ2) is 6.71. The van der Waals surface area contributed by atoms with Gasteiger partial charge in [0, 0.05) is 34.0 Å². The first-order valence-corrected chi connectivity index (χ1v) is 8.36. The van der Waals surface area contributed by atoms with Gasteiger partial charge < -0.3 is 10.7 Å². The quantitative estimate of drug-likeness (QED) is 0.682. The van der Waals surface area contributed by atoms with Crippen molar-refractivity contribution in [2.75, 3.05) is 5.75 Å². The van der Waals surface area contributed by atoms with E-state index in [9.17, 15) is 9.59 Å². The molecule has 3 rings (SSSR count). The fourth-order valence-electron chi connectivity index (χ4n) is 2.41. The maximum absolute atomic E-state index is 12.4. The van der Waals surface area contributed by atoms with E-state index in [4.69, 9.17) is 5.73 Å². The number of fused-ring (bicyclic) bond motifs is 1. The minimum Gasteiger partial charge on any atom is -0.366 e. The van der Waals surface area contributed by atoms with Gasteiger partial charge in [0.1, 0.15) is 0 Å². The number of benzene rings is 2. The lowest BCUT2D eigenvalue weighted by molar-refractivity contribution is 0.0997. The number of carbonyl (C=O) groups excluding carboxylic acids is 2. The summed E-state index contributed by atoms with van der Waals surface area (Å²) in [5.74, 6) is 0.812. The third kappa shape index (κ3) is 3.46. The highest BCUT2D eigenvalue weighted by atomic mass is 32.2. The van der Waals surface area contributed by atoms with Gasteiger partial charge in [-0.2, -0.15) is 0 Å². The van der Waals surface area contributed by atoms with Gasteiger partial charge in [-0.25, -0.2) is 0 Å². The van der Waals surface area contributed by atoms with E-state index >= 15 is 0 Å². The van der Waals surface area contributed by atoms with E-state index in [1.54, 1.807) is 30.1 Å². The van der Waals surface area contributed by atoms with Crippen LogP contribution < -0.4 is 5.73 Å². The van der Waals surface area contributed by atoms with Gasteiger partial charge in [-0.3, -0.25) is 9.59 Å².